The minimum absolute atomic E-state index is 0.0597. The third kappa shape index (κ3) is 4.57. The topological polar surface area (TPSA) is 0 Å². The predicted molar refractivity (Wildman–Crippen MR) is 87.6 cm³/mol. The largest absolute Gasteiger partial charge is 0.206 e. The van der Waals surface area contributed by atoms with Crippen LogP contribution in [0.15, 0.2) is 12.1 Å². The molecule has 0 amide bonds. The van der Waals surface area contributed by atoms with Gasteiger partial charge in [0, 0.05) is 5.92 Å². The van der Waals surface area contributed by atoms with E-state index in [2.05, 4.69) is 18.8 Å². The molecule has 0 nitrogen and oxygen atoms in total. The Hall–Kier alpha value is -1.36. The van der Waals surface area contributed by atoms with Crippen LogP contribution in [0, 0.1) is 35.3 Å². The first-order valence-electron chi connectivity index (χ1n) is 8.63. The lowest BCUT2D eigenvalue weighted by atomic mass is 9.80. The first-order chi connectivity index (χ1) is 10.6. The quantitative estimate of drug-likeness (QED) is 0.610. The van der Waals surface area contributed by atoms with Crippen LogP contribution in [0.5, 0.6) is 0 Å². The van der Waals surface area contributed by atoms with Gasteiger partial charge in [0.05, 0.1) is 5.56 Å². The molecule has 0 heterocycles. The Morgan fingerprint density at radius 2 is 1.64 bits per heavy atom. The maximum absolute atomic E-state index is 14.0. The maximum atomic E-state index is 14.0. The van der Waals surface area contributed by atoms with Crippen LogP contribution in [0.25, 0.3) is 0 Å². The summed E-state index contributed by atoms with van der Waals surface area (Å²) in [6, 6.07) is 2.85. The van der Waals surface area contributed by atoms with Crippen molar-refractivity contribution in [3.8, 4) is 11.8 Å². The normalized spacial score (nSPS) is 21.3. The molecule has 0 unspecified atom stereocenters. The van der Waals surface area contributed by atoms with Gasteiger partial charge in [-0.15, -0.1) is 0 Å². The van der Waals surface area contributed by atoms with Crippen molar-refractivity contribution in [2.75, 3.05) is 0 Å². The summed E-state index contributed by atoms with van der Waals surface area (Å²) < 4.78 is 28.0. The van der Waals surface area contributed by atoms with E-state index in [9.17, 15) is 8.78 Å². The van der Waals surface area contributed by atoms with Crippen LogP contribution in [0.2, 0.25) is 0 Å². The molecule has 2 heteroatoms. The zero-order valence-corrected chi connectivity index (χ0v) is 13.7. The lowest BCUT2D eigenvalue weighted by Gasteiger charge is -2.25. The summed E-state index contributed by atoms with van der Waals surface area (Å²) in [4.78, 5) is 0. The molecule has 2 rings (SSSR count). The second-order valence-corrected chi connectivity index (χ2v) is 6.46. The van der Waals surface area contributed by atoms with Crippen molar-refractivity contribution in [1.29, 1.82) is 0 Å². The second-order valence-electron chi connectivity index (χ2n) is 6.46. The Morgan fingerprint density at radius 3 is 2.18 bits per heavy atom. The smallest absolute Gasteiger partial charge is 0.142 e. The molecule has 0 N–H and O–H groups in total. The number of benzene rings is 1. The fourth-order valence-corrected chi connectivity index (χ4v) is 3.36. The van der Waals surface area contributed by atoms with Gasteiger partial charge in [0.2, 0.25) is 0 Å². The Bertz CT molecular complexity index is 520. The monoisotopic (exact) mass is 304 g/mol. The summed E-state index contributed by atoms with van der Waals surface area (Å²) in [5, 5.41) is 0. The molecular formula is C20H26F2. The number of rotatable bonds is 4. The van der Waals surface area contributed by atoms with E-state index in [-0.39, 0.29) is 5.56 Å². The van der Waals surface area contributed by atoms with Crippen LogP contribution in [0.3, 0.4) is 0 Å². The molecule has 1 saturated carbocycles. The number of aryl methyl sites for hydroxylation is 1. The average molecular weight is 304 g/mol. The zero-order chi connectivity index (χ0) is 15.9. The van der Waals surface area contributed by atoms with E-state index in [0.29, 0.717) is 17.9 Å². The Labute approximate surface area is 133 Å². The highest BCUT2D eigenvalue weighted by atomic mass is 19.1. The van der Waals surface area contributed by atoms with Crippen molar-refractivity contribution in [2.45, 2.75) is 65.2 Å². The molecule has 0 aromatic heterocycles. The zero-order valence-electron chi connectivity index (χ0n) is 13.7. The van der Waals surface area contributed by atoms with Gasteiger partial charge in [0.25, 0.3) is 0 Å². The van der Waals surface area contributed by atoms with E-state index in [1.54, 1.807) is 0 Å². The fraction of sp³-hybridized carbons (Fsp3) is 0.600. The predicted octanol–water partition coefficient (Wildman–Crippen LogP) is 5.88. The molecule has 0 atom stereocenters. The third-order valence-corrected chi connectivity index (χ3v) is 4.59. The molecule has 1 aliphatic rings. The summed E-state index contributed by atoms with van der Waals surface area (Å²) in [5.74, 6) is 5.95. The van der Waals surface area contributed by atoms with Crippen molar-refractivity contribution in [3.63, 3.8) is 0 Å². The lowest BCUT2D eigenvalue weighted by molar-refractivity contribution is 0.300. The van der Waals surface area contributed by atoms with Gasteiger partial charge in [0.15, 0.2) is 0 Å². The van der Waals surface area contributed by atoms with Crippen molar-refractivity contribution >= 4 is 0 Å². The summed E-state index contributed by atoms with van der Waals surface area (Å²) in [6.07, 6.45) is 8.64. The second kappa shape index (κ2) is 8.32. The molecule has 1 aromatic carbocycles. The van der Waals surface area contributed by atoms with Gasteiger partial charge in [0.1, 0.15) is 11.6 Å². The Balaban J connectivity index is 2.03. The fourth-order valence-electron chi connectivity index (χ4n) is 3.36. The van der Waals surface area contributed by atoms with E-state index in [1.165, 1.54) is 37.8 Å². The highest BCUT2D eigenvalue weighted by molar-refractivity contribution is 5.39. The van der Waals surface area contributed by atoms with E-state index in [4.69, 9.17) is 0 Å². The maximum Gasteiger partial charge on any atom is 0.142 e. The Kier molecular flexibility index (Phi) is 6.43. The number of halogens is 2. The summed E-state index contributed by atoms with van der Waals surface area (Å²) in [6.45, 7) is 4.22. The first kappa shape index (κ1) is 17.0. The number of hydrogen-bond donors (Lipinski definition) is 0. The van der Waals surface area contributed by atoms with Crippen LogP contribution in [-0.4, -0.2) is 0 Å². The van der Waals surface area contributed by atoms with Crippen LogP contribution < -0.4 is 0 Å². The summed E-state index contributed by atoms with van der Waals surface area (Å²) in [5.41, 5.74) is 0.652. The molecule has 120 valence electrons. The van der Waals surface area contributed by atoms with Crippen LogP contribution in [0.1, 0.15) is 69.9 Å². The van der Waals surface area contributed by atoms with Crippen molar-refractivity contribution < 1.29 is 8.78 Å². The van der Waals surface area contributed by atoms with Gasteiger partial charge in [-0.05, 0) is 55.7 Å². The van der Waals surface area contributed by atoms with Gasteiger partial charge in [-0.3, -0.25) is 0 Å². The van der Waals surface area contributed by atoms with Gasteiger partial charge in [-0.25, -0.2) is 8.78 Å². The van der Waals surface area contributed by atoms with E-state index < -0.39 is 11.6 Å². The molecule has 0 saturated heterocycles. The minimum Gasteiger partial charge on any atom is -0.206 e. The van der Waals surface area contributed by atoms with Gasteiger partial charge >= 0.3 is 0 Å². The molecule has 1 aliphatic carbocycles. The van der Waals surface area contributed by atoms with Crippen LogP contribution in [0.4, 0.5) is 8.78 Å². The molecule has 1 fully saturated rings. The van der Waals surface area contributed by atoms with Gasteiger partial charge < -0.3 is 0 Å². The Morgan fingerprint density at radius 1 is 1.00 bits per heavy atom. The van der Waals surface area contributed by atoms with Crippen molar-refractivity contribution in [1.82, 2.24) is 0 Å². The lowest BCUT2D eigenvalue weighted by Crippen LogP contribution is -2.13. The number of hydrogen-bond acceptors (Lipinski definition) is 0. The molecule has 0 bridgehead atoms. The molecule has 0 spiro atoms. The van der Waals surface area contributed by atoms with E-state index in [1.807, 2.05) is 6.92 Å². The van der Waals surface area contributed by atoms with Crippen LogP contribution >= 0.6 is 0 Å². The molecule has 22 heavy (non-hydrogen) atoms. The van der Waals surface area contributed by atoms with Gasteiger partial charge in [-0.1, -0.05) is 45.0 Å². The first-order valence-corrected chi connectivity index (χ1v) is 8.63. The molecule has 0 aliphatic heterocycles. The summed E-state index contributed by atoms with van der Waals surface area (Å²) >= 11 is 0. The highest BCUT2D eigenvalue weighted by Gasteiger charge is 2.19. The van der Waals surface area contributed by atoms with Gasteiger partial charge in [-0.2, -0.15) is 0 Å². The molecule has 0 radical (unpaired) electrons. The molecule has 1 aromatic rings. The summed E-state index contributed by atoms with van der Waals surface area (Å²) in [7, 11) is 0. The minimum atomic E-state index is -0.518. The molecular weight excluding hydrogens is 278 g/mol. The third-order valence-electron chi connectivity index (χ3n) is 4.59. The highest BCUT2D eigenvalue weighted by Crippen LogP contribution is 2.31. The standard InChI is InChI=1S/C20H26F2/c1-3-5-15-7-9-16(10-8-15)11-12-18-19(21)13-17(6-4-2)14-20(18)22/h13-16H,3-10H2,1-2H3/t15-,16-. The van der Waals surface area contributed by atoms with E-state index >= 15 is 0 Å². The average Bonchev–Trinajstić information content (AvgIpc) is 2.49. The van der Waals surface area contributed by atoms with Crippen molar-refractivity contribution in [2.24, 2.45) is 11.8 Å². The SMILES string of the molecule is CCCc1cc(F)c(C#C[C@H]2CC[C@H](CCC)CC2)c(F)c1. The van der Waals surface area contributed by atoms with Crippen molar-refractivity contribution in [3.05, 3.63) is 34.9 Å². The van der Waals surface area contributed by atoms with Crippen LogP contribution in [-0.2, 0) is 6.42 Å². The van der Waals surface area contributed by atoms with E-state index in [0.717, 1.165) is 25.2 Å².